The standard InChI is InChI=1S/C45H50FN3O9/c1-41(2)57-38-21-35-34-12-10-30-20-32(50)13-16-42(30,3)44(34,46)36(51)22-43(35,4)45(38,58-41)37(52)25-56-40(54)55-24-26-5-7-27(8-6-26)33(14-17-47)39(53)49-31-11-9-29-23-48-18-15-28(29)19-31/h5-9,11,13,15-16,18-20,23,33-36,38,51H,10,12,14,17,21-22,24-25,47H2,1-4H3,(H,49,53)/t33-,34+,35+,36+,38-,42+,43+,44+,45-/m1/s1. The molecule has 12 nitrogen and oxygen atoms in total. The van der Waals surface area contributed by atoms with Gasteiger partial charge < -0.3 is 35.1 Å². The summed E-state index contributed by atoms with van der Waals surface area (Å²) in [6.45, 7) is 6.45. The highest BCUT2D eigenvalue weighted by Crippen LogP contribution is 2.72. The largest absolute Gasteiger partial charge is 0.509 e. The number of allylic oxidation sites excluding steroid dienone is 4. The number of nitrogens with zero attached hydrogens (tertiary/aromatic N) is 1. The molecular weight excluding hydrogens is 746 g/mol. The van der Waals surface area contributed by atoms with E-state index in [0.29, 0.717) is 49.1 Å². The first-order valence-corrected chi connectivity index (χ1v) is 20.0. The number of carbonyl (C=O) groups is 4. The van der Waals surface area contributed by atoms with E-state index in [9.17, 15) is 24.3 Å². The number of carbonyl (C=O) groups excluding carboxylic acids is 4. The van der Waals surface area contributed by atoms with Gasteiger partial charge in [0.15, 0.2) is 29.4 Å². The van der Waals surface area contributed by atoms with Crippen LogP contribution in [0.4, 0.5) is 14.9 Å². The number of nitrogens with two attached hydrogens (primary N) is 1. The average molecular weight is 796 g/mol. The number of anilines is 1. The lowest BCUT2D eigenvalue weighted by molar-refractivity contribution is -0.246. The van der Waals surface area contributed by atoms with E-state index in [1.165, 1.54) is 12.2 Å². The van der Waals surface area contributed by atoms with E-state index >= 15 is 4.39 Å². The van der Waals surface area contributed by atoms with Gasteiger partial charge in [-0.2, -0.15) is 0 Å². The highest BCUT2D eigenvalue weighted by Gasteiger charge is 2.80. The van der Waals surface area contributed by atoms with Gasteiger partial charge in [0.05, 0.1) is 18.1 Å². The van der Waals surface area contributed by atoms with Crippen molar-refractivity contribution in [1.82, 2.24) is 4.98 Å². The smallest absolute Gasteiger partial charge is 0.429 e. The summed E-state index contributed by atoms with van der Waals surface area (Å²) in [6, 6.07) is 14.5. The fourth-order valence-electron chi connectivity index (χ4n) is 11.1. The Balaban J connectivity index is 0.921. The summed E-state index contributed by atoms with van der Waals surface area (Å²) in [5.41, 5.74) is 2.59. The maximum Gasteiger partial charge on any atom is 0.509 e. The van der Waals surface area contributed by atoms with E-state index in [1.807, 2.05) is 31.2 Å². The summed E-state index contributed by atoms with van der Waals surface area (Å²) in [6.07, 6.45) is 6.05. The molecule has 9 atom stereocenters. The van der Waals surface area contributed by atoms with Crippen LogP contribution in [-0.2, 0) is 39.9 Å². The summed E-state index contributed by atoms with van der Waals surface area (Å²) in [5, 5.41) is 16.7. The van der Waals surface area contributed by atoms with Gasteiger partial charge in [-0.15, -0.1) is 0 Å². The van der Waals surface area contributed by atoms with Gasteiger partial charge in [-0.3, -0.25) is 19.4 Å². The molecule has 0 unspecified atom stereocenters. The van der Waals surface area contributed by atoms with Gasteiger partial charge in [0, 0.05) is 40.2 Å². The minimum atomic E-state index is -2.09. The van der Waals surface area contributed by atoms with Crippen LogP contribution in [0.2, 0.25) is 0 Å². The van der Waals surface area contributed by atoms with Crippen LogP contribution in [0.5, 0.6) is 0 Å². The van der Waals surface area contributed by atoms with Crippen LogP contribution in [0, 0.1) is 22.7 Å². The number of ketones is 2. The van der Waals surface area contributed by atoms with E-state index in [2.05, 4.69) is 10.3 Å². The van der Waals surface area contributed by atoms with Crippen molar-refractivity contribution in [2.24, 2.45) is 28.4 Å². The Labute approximate surface area is 336 Å². The van der Waals surface area contributed by atoms with Crippen molar-refractivity contribution in [3.8, 4) is 0 Å². The van der Waals surface area contributed by atoms with E-state index in [1.54, 1.807) is 63.5 Å². The number of rotatable bonds is 10. The summed E-state index contributed by atoms with van der Waals surface area (Å²) >= 11 is 0. The number of alkyl halides is 1. The highest BCUT2D eigenvalue weighted by atomic mass is 19.1. The summed E-state index contributed by atoms with van der Waals surface area (Å²) < 4.78 is 41.4. The molecule has 1 aromatic heterocycles. The Morgan fingerprint density at radius 2 is 1.83 bits per heavy atom. The lowest BCUT2D eigenvalue weighted by Gasteiger charge is -2.62. The molecule has 0 radical (unpaired) electrons. The van der Waals surface area contributed by atoms with E-state index in [4.69, 9.17) is 24.7 Å². The second-order valence-electron chi connectivity index (χ2n) is 17.4. The normalized spacial score (nSPS) is 33.6. The predicted octanol–water partition coefficient (Wildman–Crippen LogP) is 6.40. The zero-order valence-corrected chi connectivity index (χ0v) is 33.2. The first-order chi connectivity index (χ1) is 27.5. The third-order valence-electron chi connectivity index (χ3n) is 13.8. The van der Waals surface area contributed by atoms with E-state index in [0.717, 1.165) is 16.3 Å². The first kappa shape index (κ1) is 40.0. The van der Waals surface area contributed by atoms with Crippen molar-refractivity contribution < 1.29 is 47.6 Å². The molecule has 1 aliphatic heterocycles. The van der Waals surface area contributed by atoms with Gasteiger partial charge in [0.2, 0.25) is 11.7 Å². The molecule has 4 N–H and O–H groups in total. The molecule has 4 aliphatic carbocycles. The fraction of sp³-hybridized carbons (Fsp3) is 0.489. The van der Waals surface area contributed by atoms with Gasteiger partial charge in [-0.1, -0.05) is 48.9 Å². The second-order valence-corrected chi connectivity index (χ2v) is 17.4. The zero-order valence-electron chi connectivity index (χ0n) is 33.2. The Bertz CT molecular complexity index is 2230. The Hall–Kier alpha value is -4.82. The number of pyridine rings is 1. The van der Waals surface area contributed by atoms with Gasteiger partial charge >= 0.3 is 6.16 Å². The molecule has 0 spiro atoms. The van der Waals surface area contributed by atoms with Gasteiger partial charge in [-0.05, 0) is 112 Å². The molecular formula is C45H50FN3O9. The number of aliphatic hydroxyl groups excluding tert-OH is 1. The number of ether oxygens (including phenoxy) is 4. The SMILES string of the molecule is CC1(C)O[C@@H]2C[C@H]3[C@@H]4CCC5=CC(=O)C=C[C@]5(C)[C@@]4(F)[C@@H](O)C[C@]3(C)[C@]2(C(=O)COC(=O)OCc2ccc([C@@H](CCN)C(=O)Nc3ccc4cnccc4c3)cc2)O1. The molecule has 2 aromatic carbocycles. The van der Waals surface area contributed by atoms with Crippen LogP contribution >= 0.6 is 0 Å². The maximum atomic E-state index is 17.7. The van der Waals surface area contributed by atoms with Crippen molar-refractivity contribution in [2.75, 3.05) is 18.5 Å². The maximum absolute atomic E-state index is 17.7. The monoisotopic (exact) mass is 795 g/mol. The Morgan fingerprint density at radius 1 is 1.05 bits per heavy atom. The van der Waals surface area contributed by atoms with Crippen LogP contribution < -0.4 is 11.1 Å². The molecule has 0 bridgehead atoms. The molecule has 1 saturated heterocycles. The Kier molecular flexibility index (Phi) is 9.98. The van der Waals surface area contributed by atoms with Crippen molar-refractivity contribution in [3.05, 3.63) is 95.9 Å². The number of fused-ring (bicyclic) bond motifs is 8. The van der Waals surface area contributed by atoms with Crippen LogP contribution in [0.15, 0.2) is 84.7 Å². The number of hydrogen-bond acceptors (Lipinski definition) is 11. The van der Waals surface area contributed by atoms with E-state index in [-0.39, 0.29) is 24.7 Å². The summed E-state index contributed by atoms with van der Waals surface area (Å²) in [5.74, 6) is -3.73. The summed E-state index contributed by atoms with van der Waals surface area (Å²) in [7, 11) is 0. The second kappa shape index (κ2) is 14.5. The van der Waals surface area contributed by atoms with Gasteiger partial charge in [0.25, 0.3) is 0 Å². The fourth-order valence-corrected chi connectivity index (χ4v) is 11.1. The molecule has 58 heavy (non-hydrogen) atoms. The molecule has 4 fully saturated rings. The number of hydrogen-bond donors (Lipinski definition) is 3. The lowest BCUT2D eigenvalue weighted by Crippen LogP contribution is -2.70. The van der Waals surface area contributed by atoms with Crippen LogP contribution in [0.25, 0.3) is 10.8 Å². The molecule has 3 aromatic rings. The number of amides is 1. The van der Waals surface area contributed by atoms with Crippen molar-refractivity contribution in [1.29, 1.82) is 0 Å². The molecule has 13 heteroatoms. The molecule has 5 aliphatic rings. The topological polar surface area (TPSA) is 176 Å². The number of aliphatic hydroxyl groups is 1. The number of aromatic nitrogens is 1. The minimum Gasteiger partial charge on any atom is -0.429 e. The number of Topliss-reactive ketones (excluding diaryl/α,β-unsaturated/α-hetero) is 1. The number of benzene rings is 2. The highest BCUT2D eigenvalue weighted by molar-refractivity contribution is 6.01. The minimum absolute atomic E-state index is 0.105. The Morgan fingerprint density at radius 3 is 2.59 bits per heavy atom. The van der Waals surface area contributed by atoms with Crippen LogP contribution in [0.1, 0.15) is 76.8 Å². The molecule has 2 heterocycles. The predicted molar refractivity (Wildman–Crippen MR) is 211 cm³/mol. The average Bonchev–Trinajstić information content (AvgIpc) is 3.61. The third-order valence-corrected chi connectivity index (χ3v) is 13.8. The summed E-state index contributed by atoms with van der Waals surface area (Å²) in [4.78, 5) is 57.1. The van der Waals surface area contributed by atoms with Crippen LogP contribution in [0.3, 0.4) is 0 Å². The van der Waals surface area contributed by atoms with Crippen LogP contribution in [-0.4, -0.2) is 76.1 Å². The number of nitrogens with one attached hydrogen (secondary N) is 1. The molecule has 3 saturated carbocycles. The van der Waals surface area contributed by atoms with Gasteiger partial charge in [-0.25, -0.2) is 9.18 Å². The first-order valence-electron chi connectivity index (χ1n) is 20.0. The quantitative estimate of drug-likeness (QED) is 0.194. The third kappa shape index (κ3) is 6.29. The molecule has 1 amide bonds. The van der Waals surface area contributed by atoms with Crippen molar-refractivity contribution >= 4 is 40.1 Å². The van der Waals surface area contributed by atoms with Crippen molar-refractivity contribution in [2.45, 2.75) is 102 Å². The molecule has 306 valence electrons. The number of halogens is 1. The van der Waals surface area contributed by atoms with E-state index < -0.39 is 76.4 Å². The lowest BCUT2D eigenvalue weighted by atomic mass is 9.44. The molecule has 8 rings (SSSR count). The van der Waals surface area contributed by atoms with Gasteiger partial charge in [0.1, 0.15) is 6.61 Å². The zero-order chi connectivity index (χ0) is 41.3. The van der Waals surface area contributed by atoms with Crippen molar-refractivity contribution in [3.63, 3.8) is 0 Å².